The van der Waals surface area contributed by atoms with Crippen molar-refractivity contribution in [3.63, 3.8) is 0 Å². The van der Waals surface area contributed by atoms with Crippen LogP contribution in [-0.4, -0.2) is 54.9 Å². The molecule has 0 saturated carbocycles. The fraction of sp³-hybridized carbons (Fsp3) is 0.818. The summed E-state index contributed by atoms with van der Waals surface area (Å²) >= 11 is 0. The molecule has 2 bridgehead atoms. The van der Waals surface area contributed by atoms with E-state index in [4.69, 9.17) is 19.1 Å². The van der Waals surface area contributed by atoms with Gasteiger partial charge >= 0.3 is 15.6 Å². The lowest BCUT2D eigenvalue weighted by atomic mass is 9.97. The summed E-state index contributed by atoms with van der Waals surface area (Å²) in [6.07, 6.45) is 2.30. The van der Waals surface area contributed by atoms with Crippen LogP contribution < -0.4 is 0 Å². The Bertz CT molecular complexity index is 1110. The van der Waals surface area contributed by atoms with Gasteiger partial charge in [0.15, 0.2) is 16.6 Å². The molecule has 6 nitrogen and oxygen atoms in total. The number of halogens is 3. The van der Waals surface area contributed by atoms with Gasteiger partial charge in [0.25, 0.3) is 0 Å². The third-order valence-corrected chi connectivity index (χ3v) is 16.3. The maximum Gasteiger partial charge on any atom is 0.534 e. The first-order valence-electron chi connectivity index (χ1n) is 12.9. The Morgan fingerprint density at radius 3 is 1.88 bits per heavy atom. The van der Waals surface area contributed by atoms with Gasteiger partial charge in [0.05, 0.1) is 18.6 Å². The molecule has 34 heavy (non-hydrogen) atoms. The average molecular weight is 549 g/mol. The van der Waals surface area contributed by atoms with Crippen LogP contribution in [0.5, 0.6) is 0 Å². The van der Waals surface area contributed by atoms with Gasteiger partial charge in [-0.1, -0.05) is 47.6 Å². The van der Waals surface area contributed by atoms with Crippen LogP contribution in [-0.2, 0) is 27.9 Å². The highest BCUT2D eigenvalue weighted by Crippen LogP contribution is 2.47. The average Bonchev–Trinajstić information content (AvgIpc) is 2.91. The van der Waals surface area contributed by atoms with Gasteiger partial charge in [-0.25, -0.2) is 0 Å². The summed E-state index contributed by atoms with van der Waals surface area (Å²) in [6.45, 7) is 12.7. The molecule has 2 unspecified atom stereocenters. The maximum absolute atomic E-state index is 13.2. The van der Waals surface area contributed by atoms with E-state index in [0.717, 1.165) is 12.2 Å². The molecule has 12 heteroatoms. The standard InChI is InChI=1S/C22H39F3O6SSi2/c1-18(2,3)33(7,8)28-15-20-11-12-21(31-20,16-29-34(9,10)19(4,5)6)14-17(13-20)30-32(26,27)22(23,24)25/h11-13H,14-16H2,1-10H3/i15D2,16D2. The van der Waals surface area contributed by atoms with Crippen LogP contribution in [0.1, 0.15) is 53.4 Å². The van der Waals surface area contributed by atoms with Crippen molar-refractivity contribution in [1.29, 1.82) is 0 Å². The zero-order valence-electron chi connectivity index (χ0n) is 25.4. The van der Waals surface area contributed by atoms with Crippen LogP contribution in [0.15, 0.2) is 24.0 Å². The predicted molar refractivity (Wildman–Crippen MR) is 131 cm³/mol. The Kier molecular flexibility index (Phi) is 6.08. The molecule has 2 heterocycles. The molecule has 0 amide bonds. The Morgan fingerprint density at radius 1 is 0.971 bits per heavy atom. The summed E-state index contributed by atoms with van der Waals surface area (Å²) in [6, 6.07) is 0. The minimum Gasteiger partial charge on any atom is -0.414 e. The molecule has 2 aliphatic rings. The van der Waals surface area contributed by atoms with Gasteiger partial charge < -0.3 is 17.8 Å². The van der Waals surface area contributed by atoms with Crippen molar-refractivity contribution in [2.45, 2.75) is 101 Å². The maximum atomic E-state index is 13.2. The molecule has 0 aliphatic carbocycles. The Balaban J connectivity index is 2.69. The molecule has 0 aromatic carbocycles. The summed E-state index contributed by atoms with van der Waals surface area (Å²) in [5, 5.41) is -0.951. The third kappa shape index (κ3) is 6.17. The predicted octanol–water partition coefficient (Wildman–Crippen LogP) is 6.25. The van der Waals surface area contributed by atoms with Gasteiger partial charge in [-0.05, 0) is 48.4 Å². The van der Waals surface area contributed by atoms with E-state index in [1.807, 2.05) is 41.5 Å². The van der Waals surface area contributed by atoms with E-state index in [1.165, 1.54) is 6.08 Å². The van der Waals surface area contributed by atoms with Gasteiger partial charge in [-0.3, -0.25) is 0 Å². The van der Waals surface area contributed by atoms with E-state index in [1.54, 1.807) is 26.2 Å². The lowest BCUT2D eigenvalue weighted by Gasteiger charge is -2.44. The van der Waals surface area contributed by atoms with Crippen molar-refractivity contribution in [3.05, 3.63) is 24.0 Å². The van der Waals surface area contributed by atoms with E-state index in [9.17, 15) is 21.6 Å². The second-order valence-electron chi connectivity index (χ2n) is 11.8. The van der Waals surface area contributed by atoms with Gasteiger partial charge in [0.1, 0.15) is 17.0 Å². The topological polar surface area (TPSA) is 71.1 Å². The summed E-state index contributed by atoms with van der Waals surface area (Å²) in [5.41, 5.74) is -10.3. The molecule has 0 N–H and O–H groups in total. The van der Waals surface area contributed by atoms with Crippen molar-refractivity contribution in [1.82, 2.24) is 0 Å². The Labute approximate surface area is 209 Å². The molecule has 2 rings (SSSR count). The third-order valence-electron chi connectivity index (χ3n) is 6.82. The SMILES string of the molecule is [2H]C([2H])(O[Si](C)(C)C(C)(C)C)C12C=CC(C([2H])([2H])O[Si](C)(C)C(C)(C)C)(CC(OS(=O)(=O)C(F)(F)F)=C1)O2. The second kappa shape index (κ2) is 8.72. The number of fused-ring (bicyclic) bond motifs is 2. The fourth-order valence-corrected chi connectivity index (χ4v) is 4.43. The molecular weight excluding hydrogens is 505 g/mol. The van der Waals surface area contributed by atoms with E-state index in [0.29, 0.717) is 0 Å². The van der Waals surface area contributed by atoms with Gasteiger partial charge in [0, 0.05) is 6.42 Å². The van der Waals surface area contributed by atoms with E-state index >= 15 is 0 Å². The van der Waals surface area contributed by atoms with Gasteiger partial charge in [-0.2, -0.15) is 21.6 Å². The summed E-state index contributed by atoms with van der Waals surface area (Å²) < 4.78 is 121. The molecule has 2 atom stereocenters. The van der Waals surface area contributed by atoms with E-state index < -0.39 is 78.8 Å². The van der Waals surface area contributed by atoms with E-state index in [2.05, 4.69) is 4.18 Å². The van der Waals surface area contributed by atoms with Crippen LogP contribution in [0, 0.1) is 0 Å². The largest absolute Gasteiger partial charge is 0.534 e. The highest BCUT2D eigenvalue weighted by Gasteiger charge is 2.54. The first kappa shape index (κ1) is 23.7. The molecule has 0 spiro atoms. The summed E-state index contributed by atoms with van der Waals surface area (Å²) in [4.78, 5) is 0. The first-order valence-corrected chi connectivity index (χ1v) is 18.1. The van der Waals surface area contributed by atoms with Crippen molar-refractivity contribution in [2.75, 3.05) is 13.1 Å². The second-order valence-corrected chi connectivity index (χ2v) is 22.8. The van der Waals surface area contributed by atoms with Crippen LogP contribution in [0.3, 0.4) is 0 Å². The van der Waals surface area contributed by atoms with E-state index in [-0.39, 0.29) is 0 Å². The molecule has 0 radical (unpaired) electrons. The monoisotopic (exact) mass is 548 g/mol. The van der Waals surface area contributed by atoms with Crippen molar-refractivity contribution in [3.8, 4) is 0 Å². The van der Waals surface area contributed by atoms with Crippen molar-refractivity contribution < 1.29 is 44.8 Å². The first-order chi connectivity index (χ1) is 16.4. The normalized spacial score (nSPS) is 29.1. The quantitative estimate of drug-likeness (QED) is 0.155. The zero-order valence-corrected chi connectivity index (χ0v) is 24.2. The smallest absolute Gasteiger partial charge is 0.414 e. The number of hydrogen-bond acceptors (Lipinski definition) is 6. The molecule has 0 aromatic rings. The van der Waals surface area contributed by atoms with Crippen LogP contribution in [0.4, 0.5) is 13.2 Å². The van der Waals surface area contributed by atoms with Crippen LogP contribution in [0.25, 0.3) is 0 Å². The Hall–Kier alpha value is -0.666. The van der Waals surface area contributed by atoms with Crippen LogP contribution >= 0.6 is 0 Å². The minimum atomic E-state index is -6.14. The molecule has 2 aliphatic heterocycles. The molecule has 0 saturated heterocycles. The number of hydrogen-bond donors (Lipinski definition) is 0. The van der Waals surface area contributed by atoms with Crippen LogP contribution in [0.2, 0.25) is 36.3 Å². The number of rotatable bonds is 8. The lowest BCUT2D eigenvalue weighted by Crippen LogP contribution is -2.52. The fourth-order valence-electron chi connectivity index (χ4n) is 2.49. The number of ether oxygens (including phenoxy) is 1. The van der Waals surface area contributed by atoms with Gasteiger partial charge in [0.2, 0.25) is 0 Å². The molecular formula is C22H39F3O6SSi2. The lowest BCUT2D eigenvalue weighted by molar-refractivity contribution is -0.116. The minimum absolute atomic E-state index is 0.472. The number of alkyl halides is 3. The van der Waals surface area contributed by atoms with Gasteiger partial charge in [-0.15, -0.1) is 0 Å². The highest BCUT2D eigenvalue weighted by atomic mass is 32.2. The summed E-state index contributed by atoms with van der Waals surface area (Å²) in [5.74, 6) is -0.830. The molecule has 0 fully saturated rings. The molecule has 198 valence electrons. The Morgan fingerprint density at radius 2 is 1.44 bits per heavy atom. The summed E-state index contributed by atoms with van der Waals surface area (Å²) in [7, 11) is -11.9. The zero-order chi connectivity index (χ0) is 30.2. The highest BCUT2D eigenvalue weighted by molar-refractivity contribution is 7.87. The molecule has 0 aromatic heterocycles. The van der Waals surface area contributed by atoms with Crippen molar-refractivity contribution >= 4 is 26.8 Å². The van der Waals surface area contributed by atoms with Crippen molar-refractivity contribution in [2.24, 2.45) is 0 Å².